The number of hydrogen-bond donors (Lipinski definition) is 0. The Hall–Kier alpha value is 0.0800. The molecule has 1 heterocycles. The molecular formula is C5H6N2Na. The predicted molar refractivity (Wildman–Crippen MR) is 32.5 cm³/mol. The summed E-state index contributed by atoms with van der Waals surface area (Å²) in [6, 6.07) is 1.80. The van der Waals surface area contributed by atoms with Crippen LogP contribution in [0.2, 0.25) is 0 Å². The molecule has 8 heavy (non-hydrogen) atoms. The number of nitrogens with zero attached hydrogens (tertiary/aromatic N) is 2. The first-order valence-corrected chi connectivity index (χ1v) is 2.13. The van der Waals surface area contributed by atoms with E-state index in [1.807, 2.05) is 6.92 Å². The molecule has 0 fully saturated rings. The standard InChI is InChI=1S/C5H6N2.Na/c1-5-6-3-2-4-7-5;/h2-4H,1H3;. The first kappa shape index (κ1) is 8.08. The van der Waals surface area contributed by atoms with Crippen molar-refractivity contribution < 1.29 is 0 Å². The van der Waals surface area contributed by atoms with Gasteiger partial charge in [0.15, 0.2) is 0 Å². The van der Waals surface area contributed by atoms with Crippen molar-refractivity contribution >= 4 is 29.6 Å². The Balaban J connectivity index is 0.000000490. The topological polar surface area (TPSA) is 25.8 Å². The largest absolute Gasteiger partial charge is 0.242 e. The van der Waals surface area contributed by atoms with Gasteiger partial charge in [0.25, 0.3) is 0 Å². The van der Waals surface area contributed by atoms with E-state index in [1.54, 1.807) is 18.5 Å². The molecule has 1 rings (SSSR count). The van der Waals surface area contributed by atoms with Crippen LogP contribution < -0.4 is 0 Å². The number of aromatic nitrogens is 2. The van der Waals surface area contributed by atoms with Gasteiger partial charge in [-0.15, -0.1) is 0 Å². The van der Waals surface area contributed by atoms with Crippen molar-refractivity contribution in [2.75, 3.05) is 0 Å². The van der Waals surface area contributed by atoms with Crippen LogP contribution in [0.15, 0.2) is 18.5 Å². The van der Waals surface area contributed by atoms with Crippen molar-refractivity contribution in [1.29, 1.82) is 0 Å². The van der Waals surface area contributed by atoms with Gasteiger partial charge in [-0.25, -0.2) is 9.97 Å². The summed E-state index contributed by atoms with van der Waals surface area (Å²) >= 11 is 0. The maximum Gasteiger partial charge on any atom is 0.125 e. The fourth-order valence-corrected chi connectivity index (χ4v) is 0.374. The summed E-state index contributed by atoms with van der Waals surface area (Å²) in [7, 11) is 0. The molecule has 0 aromatic carbocycles. The van der Waals surface area contributed by atoms with Crippen LogP contribution in [0.3, 0.4) is 0 Å². The Morgan fingerprint density at radius 1 is 1.25 bits per heavy atom. The normalized spacial score (nSPS) is 7.62. The molecule has 0 aliphatic rings. The third-order valence-electron chi connectivity index (χ3n) is 0.695. The molecule has 0 aliphatic heterocycles. The minimum Gasteiger partial charge on any atom is -0.242 e. The zero-order chi connectivity index (χ0) is 5.11. The van der Waals surface area contributed by atoms with Crippen LogP contribution in [0.5, 0.6) is 0 Å². The third-order valence-corrected chi connectivity index (χ3v) is 0.695. The second kappa shape index (κ2) is 4.01. The zero-order valence-electron chi connectivity index (χ0n) is 5.13. The van der Waals surface area contributed by atoms with E-state index >= 15 is 0 Å². The molecule has 2 nitrogen and oxygen atoms in total. The monoisotopic (exact) mass is 117 g/mol. The zero-order valence-corrected chi connectivity index (χ0v) is 7.13. The minimum absolute atomic E-state index is 0. The van der Waals surface area contributed by atoms with E-state index in [1.165, 1.54) is 0 Å². The van der Waals surface area contributed by atoms with Crippen LogP contribution in [0, 0.1) is 6.92 Å². The number of aryl methyl sites for hydroxylation is 1. The van der Waals surface area contributed by atoms with Gasteiger partial charge in [-0.1, -0.05) is 0 Å². The Labute approximate surface area is 70.6 Å². The van der Waals surface area contributed by atoms with E-state index in [0.29, 0.717) is 0 Å². The van der Waals surface area contributed by atoms with Crippen LogP contribution >= 0.6 is 0 Å². The fraction of sp³-hybridized carbons (Fsp3) is 0.200. The molecule has 3 heteroatoms. The Morgan fingerprint density at radius 2 is 1.75 bits per heavy atom. The Morgan fingerprint density at radius 3 is 2.00 bits per heavy atom. The van der Waals surface area contributed by atoms with Crippen LogP contribution in [-0.4, -0.2) is 39.5 Å². The van der Waals surface area contributed by atoms with E-state index in [2.05, 4.69) is 9.97 Å². The maximum atomic E-state index is 3.87. The van der Waals surface area contributed by atoms with Crippen molar-refractivity contribution in [3.63, 3.8) is 0 Å². The molecule has 1 aromatic rings. The molecule has 1 radical (unpaired) electrons. The Kier molecular flexibility index (Phi) is 4.05. The smallest absolute Gasteiger partial charge is 0.125 e. The van der Waals surface area contributed by atoms with Gasteiger partial charge >= 0.3 is 0 Å². The SMILES string of the molecule is Cc1ncccn1.[Na]. The van der Waals surface area contributed by atoms with Gasteiger partial charge in [0, 0.05) is 42.0 Å². The average molecular weight is 117 g/mol. The van der Waals surface area contributed by atoms with Crippen LogP contribution in [0.25, 0.3) is 0 Å². The summed E-state index contributed by atoms with van der Waals surface area (Å²) in [6.07, 6.45) is 3.45. The molecule has 0 spiro atoms. The summed E-state index contributed by atoms with van der Waals surface area (Å²) < 4.78 is 0. The predicted octanol–water partition coefficient (Wildman–Crippen LogP) is 0.404. The van der Waals surface area contributed by atoms with E-state index in [0.717, 1.165) is 5.82 Å². The molecule has 37 valence electrons. The van der Waals surface area contributed by atoms with Gasteiger partial charge in [0.1, 0.15) is 5.82 Å². The molecule has 1 aromatic heterocycles. The first-order chi connectivity index (χ1) is 3.39. The second-order valence-electron chi connectivity index (χ2n) is 1.30. The van der Waals surface area contributed by atoms with Gasteiger partial charge in [0.2, 0.25) is 0 Å². The van der Waals surface area contributed by atoms with Crippen molar-refractivity contribution in [3.05, 3.63) is 24.3 Å². The second-order valence-corrected chi connectivity index (χ2v) is 1.30. The number of rotatable bonds is 0. The average Bonchev–Trinajstić information content (AvgIpc) is 1.69. The minimum atomic E-state index is 0. The summed E-state index contributed by atoms with van der Waals surface area (Å²) in [6.45, 7) is 1.86. The molecule has 0 amide bonds. The maximum absolute atomic E-state index is 3.87. The Bertz CT molecular complexity index is 140. The molecule has 0 saturated carbocycles. The van der Waals surface area contributed by atoms with Crippen LogP contribution in [-0.2, 0) is 0 Å². The van der Waals surface area contributed by atoms with Crippen molar-refractivity contribution in [2.24, 2.45) is 0 Å². The van der Waals surface area contributed by atoms with Crippen LogP contribution in [0.1, 0.15) is 5.82 Å². The van der Waals surface area contributed by atoms with E-state index in [9.17, 15) is 0 Å². The van der Waals surface area contributed by atoms with Crippen molar-refractivity contribution in [1.82, 2.24) is 9.97 Å². The molecule has 0 atom stereocenters. The summed E-state index contributed by atoms with van der Waals surface area (Å²) in [5, 5.41) is 0. The summed E-state index contributed by atoms with van der Waals surface area (Å²) in [5.74, 6) is 0.822. The number of hydrogen-bond acceptors (Lipinski definition) is 2. The first-order valence-electron chi connectivity index (χ1n) is 2.13. The van der Waals surface area contributed by atoms with Gasteiger partial charge in [-0.3, -0.25) is 0 Å². The third kappa shape index (κ3) is 2.40. The summed E-state index contributed by atoms with van der Waals surface area (Å²) in [4.78, 5) is 7.74. The molecular weight excluding hydrogens is 111 g/mol. The van der Waals surface area contributed by atoms with E-state index in [-0.39, 0.29) is 29.6 Å². The fourth-order valence-electron chi connectivity index (χ4n) is 0.374. The quantitative estimate of drug-likeness (QED) is 0.460. The van der Waals surface area contributed by atoms with Gasteiger partial charge in [-0.05, 0) is 13.0 Å². The van der Waals surface area contributed by atoms with E-state index in [4.69, 9.17) is 0 Å². The van der Waals surface area contributed by atoms with E-state index < -0.39 is 0 Å². The summed E-state index contributed by atoms with van der Waals surface area (Å²) in [5.41, 5.74) is 0. The molecule has 0 N–H and O–H groups in total. The molecule has 0 saturated heterocycles. The van der Waals surface area contributed by atoms with Gasteiger partial charge in [-0.2, -0.15) is 0 Å². The molecule has 0 unspecified atom stereocenters. The van der Waals surface area contributed by atoms with Crippen molar-refractivity contribution in [3.8, 4) is 0 Å². The molecule has 0 aliphatic carbocycles. The molecule has 0 bridgehead atoms. The van der Waals surface area contributed by atoms with Crippen molar-refractivity contribution in [2.45, 2.75) is 6.92 Å². The van der Waals surface area contributed by atoms with Gasteiger partial charge < -0.3 is 0 Å². The van der Waals surface area contributed by atoms with Gasteiger partial charge in [0.05, 0.1) is 0 Å². The van der Waals surface area contributed by atoms with Crippen LogP contribution in [0.4, 0.5) is 0 Å².